The molecule has 0 amide bonds. The summed E-state index contributed by atoms with van der Waals surface area (Å²) in [6, 6.07) is 35.8. The van der Waals surface area contributed by atoms with Crippen molar-refractivity contribution in [1.29, 1.82) is 0 Å². The molecule has 4 aromatic rings. The first-order chi connectivity index (χ1) is 19.3. The van der Waals surface area contributed by atoms with E-state index in [2.05, 4.69) is 102 Å². The molecule has 0 spiro atoms. The van der Waals surface area contributed by atoms with E-state index in [4.69, 9.17) is 4.65 Å². The number of hydrogen-bond donors (Lipinski definition) is 0. The zero-order valence-electron chi connectivity index (χ0n) is 22.9. The van der Waals surface area contributed by atoms with E-state index in [0.717, 1.165) is 11.7 Å². The molecule has 196 valence electrons. The Kier molecular flexibility index (Phi) is 6.91. The lowest BCUT2D eigenvalue weighted by Gasteiger charge is -2.37. The predicted molar refractivity (Wildman–Crippen MR) is 165 cm³/mol. The smallest absolute Gasteiger partial charge is 0.430 e. The van der Waals surface area contributed by atoms with Crippen molar-refractivity contribution < 1.29 is 4.65 Å². The molecule has 4 aromatic carbocycles. The number of benzene rings is 4. The van der Waals surface area contributed by atoms with Crippen LogP contribution in [0.3, 0.4) is 0 Å². The molecule has 39 heavy (non-hydrogen) atoms. The second-order valence-electron chi connectivity index (χ2n) is 11.8. The molecule has 0 bridgehead atoms. The van der Waals surface area contributed by atoms with E-state index in [9.17, 15) is 0 Å². The summed E-state index contributed by atoms with van der Waals surface area (Å²) < 4.78 is 6.81. The Labute approximate surface area is 234 Å². The first kappa shape index (κ1) is 24.6. The molecule has 1 heterocycles. The highest BCUT2D eigenvalue weighted by atomic mass is 16.4. The van der Waals surface area contributed by atoms with Crippen molar-refractivity contribution in [1.82, 2.24) is 0 Å². The van der Waals surface area contributed by atoms with Gasteiger partial charge in [-0.2, -0.15) is 0 Å². The number of rotatable bonds is 5. The summed E-state index contributed by atoms with van der Waals surface area (Å²) in [5.41, 5.74) is 9.15. The number of anilines is 3. The van der Waals surface area contributed by atoms with Crippen LogP contribution in [0.5, 0.6) is 5.75 Å². The molecule has 0 saturated heterocycles. The van der Waals surface area contributed by atoms with Gasteiger partial charge in [-0.15, -0.1) is 0 Å². The Morgan fingerprint density at radius 2 is 1.13 bits per heavy atom. The van der Waals surface area contributed by atoms with Crippen LogP contribution in [-0.4, -0.2) is 6.92 Å². The van der Waals surface area contributed by atoms with Gasteiger partial charge >= 0.3 is 6.92 Å². The molecule has 0 N–H and O–H groups in total. The second-order valence-corrected chi connectivity index (χ2v) is 11.8. The van der Waals surface area contributed by atoms with Crippen LogP contribution >= 0.6 is 0 Å². The molecule has 0 unspecified atom stereocenters. The highest BCUT2D eigenvalue weighted by Gasteiger charge is 2.38. The van der Waals surface area contributed by atoms with E-state index < -0.39 is 0 Å². The van der Waals surface area contributed by atoms with Crippen molar-refractivity contribution in [3.05, 3.63) is 108 Å². The van der Waals surface area contributed by atoms with Crippen molar-refractivity contribution in [2.45, 2.75) is 76.0 Å². The zero-order valence-corrected chi connectivity index (χ0v) is 22.9. The van der Waals surface area contributed by atoms with Gasteiger partial charge in [-0.1, -0.05) is 99.2 Å². The molecule has 3 aliphatic rings. The van der Waals surface area contributed by atoms with E-state index in [1.165, 1.54) is 103 Å². The van der Waals surface area contributed by atoms with Gasteiger partial charge in [-0.3, -0.25) is 0 Å². The summed E-state index contributed by atoms with van der Waals surface area (Å²) in [7, 11) is 0. The van der Waals surface area contributed by atoms with Crippen molar-refractivity contribution in [3.63, 3.8) is 0 Å². The van der Waals surface area contributed by atoms with Gasteiger partial charge in [-0.05, 0) is 96.0 Å². The normalized spacial score (nSPS) is 17.9. The van der Waals surface area contributed by atoms with Gasteiger partial charge in [-0.25, -0.2) is 0 Å². The summed E-state index contributed by atoms with van der Waals surface area (Å²) >= 11 is 0. The van der Waals surface area contributed by atoms with E-state index in [1.54, 1.807) is 0 Å². The first-order valence-corrected chi connectivity index (χ1v) is 15.2. The minimum Gasteiger partial charge on any atom is -0.551 e. The van der Waals surface area contributed by atoms with Gasteiger partial charge in [0.25, 0.3) is 0 Å². The Balaban J connectivity index is 1.32. The Hall–Kier alpha value is -3.46. The van der Waals surface area contributed by atoms with E-state index >= 15 is 0 Å². The van der Waals surface area contributed by atoms with Crippen LogP contribution < -0.4 is 20.5 Å². The van der Waals surface area contributed by atoms with E-state index in [1.807, 2.05) is 0 Å². The van der Waals surface area contributed by atoms with Gasteiger partial charge in [0.2, 0.25) is 0 Å². The van der Waals surface area contributed by atoms with Crippen LogP contribution in [0.2, 0.25) is 0 Å². The van der Waals surface area contributed by atoms with Crippen molar-refractivity contribution in [2.24, 2.45) is 0 Å². The molecule has 2 fully saturated rings. The van der Waals surface area contributed by atoms with Crippen LogP contribution in [0.4, 0.5) is 17.1 Å². The second kappa shape index (κ2) is 11.0. The lowest BCUT2D eigenvalue weighted by molar-refractivity contribution is 0.443. The quantitative estimate of drug-likeness (QED) is 0.248. The maximum atomic E-state index is 6.81. The molecule has 0 radical (unpaired) electrons. The molecule has 2 nitrogen and oxygen atoms in total. The number of hydrogen-bond acceptors (Lipinski definition) is 2. The zero-order chi connectivity index (χ0) is 26.0. The molecule has 3 heteroatoms. The molecule has 1 aliphatic heterocycles. The summed E-state index contributed by atoms with van der Waals surface area (Å²) in [4.78, 5) is 2.46. The van der Waals surface area contributed by atoms with Crippen LogP contribution in [0.15, 0.2) is 97.1 Å². The van der Waals surface area contributed by atoms with Gasteiger partial charge in [0.1, 0.15) is 0 Å². The summed E-state index contributed by atoms with van der Waals surface area (Å²) in [6.45, 7) is -0.139. The molecule has 2 saturated carbocycles. The van der Waals surface area contributed by atoms with E-state index in [-0.39, 0.29) is 6.92 Å². The maximum absolute atomic E-state index is 6.81. The third-order valence-corrected chi connectivity index (χ3v) is 9.34. The first-order valence-electron chi connectivity index (χ1n) is 15.2. The molecular formula is C36H38BNO. The Morgan fingerprint density at radius 1 is 0.538 bits per heavy atom. The Morgan fingerprint density at radius 3 is 1.85 bits per heavy atom. The number of para-hydroxylation sites is 2. The van der Waals surface area contributed by atoms with Crippen molar-refractivity contribution in [3.8, 4) is 5.75 Å². The average molecular weight is 512 g/mol. The largest absolute Gasteiger partial charge is 0.551 e. The van der Waals surface area contributed by atoms with Crippen LogP contribution in [0.25, 0.3) is 0 Å². The standard InChI is InChI=1S/C36H38BNO/c1-4-12-27(13-5-1)29-20-23-31(24-21-29)38-35-19-11-10-18-33(35)37(39-32-16-8-3-9-17-32)34-26-30(22-25-36(34)38)28-14-6-2-7-15-28/h3,8-11,16-28H,1-2,4-7,12-15H2. The van der Waals surface area contributed by atoms with Gasteiger partial charge in [0.15, 0.2) is 0 Å². The van der Waals surface area contributed by atoms with Gasteiger partial charge in [0, 0.05) is 17.1 Å². The average Bonchev–Trinajstić information content (AvgIpc) is 3.02. The molecule has 0 aromatic heterocycles. The van der Waals surface area contributed by atoms with Gasteiger partial charge in [0.05, 0.1) is 5.75 Å². The highest BCUT2D eigenvalue weighted by molar-refractivity contribution is 6.84. The summed E-state index contributed by atoms with van der Waals surface area (Å²) in [6.07, 6.45) is 13.4. The lowest BCUT2D eigenvalue weighted by atomic mass is 9.52. The number of nitrogens with zero attached hydrogens (tertiary/aromatic N) is 1. The summed E-state index contributed by atoms with van der Waals surface area (Å²) in [5, 5.41) is 0. The van der Waals surface area contributed by atoms with Crippen LogP contribution in [0.1, 0.15) is 87.2 Å². The highest BCUT2D eigenvalue weighted by Crippen LogP contribution is 2.40. The van der Waals surface area contributed by atoms with Crippen molar-refractivity contribution in [2.75, 3.05) is 4.90 Å². The fourth-order valence-corrected chi connectivity index (χ4v) is 7.26. The fraction of sp³-hybridized carbons (Fsp3) is 0.333. The van der Waals surface area contributed by atoms with Gasteiger partial charge < -0.3 is 9.55 Å². The predicted octanol–water partition coefficient (Wildman–Crippen LogP) is 8.75. The molecule has 7 rings (SSSR count). The minimum atomic E-state index is -0.139. The topological polar surface area (TPSA) is 12.5 Å². The van der Waals surface area contributed by atoms with E-state index in [0.29, 0.717) is 5.92 Å². The summed E-state index contributed by atoms with van der Waals surface area (Å²) in [5.74, 6) is 2.29. The van der Waals surface area contributed by atoms with Crippen LogP contribution in [0, 0.1) is 0 Å². The molecule has 2 aliphatic carbocycles. The third-order valence-electron chi connectivity index (χ3n) is 9.34. The molecule has 0 atom stereocenters. The Bertz CT molecular complexity index is 1400. The van der Waals surface area contributed by atoms with Crippen LogP contribution in [-0.2, 0) is 0 Å². The maximum Gasteiger partial charge on any atom is 0.430 e. The number of fused-ring (bicyclic) bond motifs is 2. The molecular weight excluding hydrogens is 473 g/mol. The monoisotopic (exact) mass is 511 g/mol. The SMILES string of the molecule is c1ccc(OB2c3ccccc3N(c3ccc(C4CCCCC4)cc3)c3ccc(C4CCCCC4)cc32)cc1. The fourth-order valence-electron chi connectivity index (χ4n) is 7.26. The minimum absolute atomic E-state index is 0.139. The van der Waals surface area contributed by atoms with Crippen molar-refractivity contribution >= 4 is 34.9 Å². The third kappa shape index (κ3) is 4.89. The lowest BCUT2D eigenvalue weighted by Crippen LogP contribution is -2.54.